The van der Waals surface area contributed by atoms with Crippen LogP contribution in [0.5, 0.6) is 0 Å². The Balaban J connectivity index is 2.86. The smallest absolute Gasteiger partial charge is 0.338 e. The molecule has 0 saturated heterocycles. The van der Waals surface area contributed by atoms with Gasteiger partial charge in [-0.25, -0.2) is 4.79 Å². The molecule has 1 N–H and O–H groups in total. The quantitative estimate of drug-likeness (QED) is 0.785. The molecule has 0 heterocycles. The molecule has 1 aromatic rings. The molecule has 1 aromatic carbocycles. The van der Waals surface area contributed by atoms with Crippen molar-refractivity contribution in [2.75, 3.05) is 5.32 Å². The van der Waals surface area contributed by atoms with E-state index in [1.807, 2.05) is 20.8 Å². The summed E-state index contributed by atoms with van der Waals surface area (Å²) in [5.41, 5.74) is 0.714. The van der Waals surface area contributed by atoms with Crippen LogP contribution in [0.4, 0.5) is 5.69 Å². The largest absolute Gasteiger partial charge is 0.459 e. The SMILES string of the molecule is CC(C)OC(=O)c1ccc(NC(=O)C(C)(C(C)C)C(C)C)cc1. The predicted molar refractivity (Wildman–Crippen MR) is 93.4 cm³/mol. The highest BCUT2D eigenvalue weighted by Crippen LogP contribution is 2.36. The van der Waals surface area contributed by atoms with Crippen molar-refractivity contribution in [3.63, 3.8) is 0 Å². The average Bonchev–Trinajstić information content (AvgIpc) is 2.45. The first-order valence-electron chi connectivity index (χ1n) is 8.21. The van der Waals surface area contributed by atoms with E-state index >= 15 is 0 Å². The van der Waals surface area contributed by atoms with Gasteiger partial charge in [0, 0.05) is 5.69 Å². The Morgan fingerprint density at radius 3 is 1.83 bits per heavy atom. The summed E-state index contributed by atoms with van der Waals surface area (Å²) in [4.78, 5) is 24.5. The maximum Gasteiger partial charge on any atom is 0.338 e. The normalized spacial score (nSPS) is 11.9. The minimum atomic E-state index is -0.449. The molecule has 1 amide bonds. The fourth-order valence-electron chi connectivity index (χ4n) is 2.43. The Morgan fingerprint density at radius 1 is 0.957 bits per heavy atom. The van der Waals surface area contributed by atoms with Gasteiger partial charge in [-0.2, -0.15) is 0 Å². The Labute approximate surface area is 139 Å². The lowest BCUT2D eigenvalue weighted by Crippen LogP contribution is -2.42. The van der Waals surface area contributed by atoms with Crippen LogP contribution in [0.3, 0.4) is 0 Å². The number of amides is 1. The molecule has 0 aromatic heterocycles. The molecule has 0 aliphatic carbocycles. The number of nitrogens with one attached hydrogen (secondary N) is 1. The van der Waals surface area contributed by atoms with Crippen LogP contribution in [0, 0.1) is 17.3 Å². The highest BCUT2D eigenvalue weighted by molar-refractivity contribution is 5.96. The van der Waals surface area contributed by atoms with Crippen molar-refractivity contribution in [1.29, 1.82) is 0 Å². The third-order valence-corrected chi connectivity index (χ3v) is 4.61. The molecule has 0 aliphatic rings. The van der Waals surface area contributed by atoms with Crippen molar-refractivity contribution in [2.45, 2.75) is 54.6 Å². The molecule has 0 fully saturated rings. The van der Waals surface area contributed by atoms with Gasteiger partial charge in [0.1, 0.15) is 0 Å². The van der Waals surface area contributed by atoms with Gasteiger partial charge in [-0.3, -0.25) is 4.79 Å². The standard InChI is InChI=1S/C19H29NO3/c1-12(2)19(7,13(3)4)18(22)20-16-10-8-15(9-11-16)17(21)23-14(5)6/h8-14H,1-7H3,(H,20,22). The molecule has 0 aliphatic heterocycles. The van der Waals surface area contributed by atoms with Crippen LogP contribution < -0.4 is 5.32 Å². The summed E-state index contributed by atoms with van der Waals surface area (Å²) in [5, 5.41) is 2.96. The molecule has 1 rings (SSSR count). The van der Waals surface area contributed by atoms with Crippen LogP contribution in [-0.4, -0.2) is 18.0 Å². The van der Waals surface area contributed by atoms with Gasteiger partial charge in [-0.05, 0) is 49.9 Å². The van der Waals surface area contributed by atoms with E-state index in [1.165, 1.54) is 0 Å². The monoisotopic (exact) mass is 319 g/mol. The zero-order valence-corrected chi connectivity index (χ0v) is 15.3. The fourth-order valence-corrected chi connectivity index (χ4v) is 2.43. The lowest BCUT2D eigenvalue weighted by Gasteiger charge is -2.36. The first kappa shape index (κ1) is 19.2. The second kappa shape index (κ2) is 7.62. The van der Waals surface area contributed by atoms with E-state index in [0.717, 1.165) is 0 Å². The summed E-state index contributed by atoms with van der Waals surface area (Å²) in [6, 6.07) is 6.80. The van der Waals surface area contributed by atoms with Gasteiger partial charge in [0.2, 0.25) is 5.91 Å². The second-order valence-corrected chi connectivity index (χ2v) is 7.08. The van der Waals surface area contributed by atoms with Gasteiger partial charge in [0.15, 0.2) is 0 Å². The van der Waals surface area contributed by atoms with Crippen LogP contribution in [0.15, 0.2) is 24.3 Å². The Bertz CT molecular complexity index is 536. The van der Waals surface area contributed by atoms with Crippen molar-refractivity contribution in [2.24, 2.45) is 17.3 Å². The number of anilines is 1. The lowest BCUT2D eigenvalue weighted by molar-refractivity contribution is -0.129. The maximum absolute atomic E-state index is 12.7. The van der Waals surface area contributed by atoms with Crippen LogP contribution in [0.2, 0.25) is 0 Å². The molecule has 4 nitrogen and oxygen atoms in total. The third kappa shape index (κ3) is 4.57. The molecule has 0 bridgehead atoms. The van der Waals surface area contributed by atoms with Gasteiger partial charge in [0.25, 0.3) is 0 Å². The van der Waals surface area contributed by atoms with E-state index < -0.39 is 5.41 Å². The van der Waals surface area contributed by atoms with E-state index in [2.05, 4.69) is 33.0 Å². The van der Waals surface area contributed by atoms with Gasteiger partial charge in [-0.15, -0.1) is 0 Å². The van der Waals surface area contributed by atoms with Gasteiger partial charge >= 0.3 is 5.97 Å². The van der Waals surface area contributed by atoms with Crippen molar-refractivity contribution in [3.05, 3.63) is 29.8 Å². The van der Waals surface area contributed by atoms with Gasteiger partial charge < -0.3 is 10.1 Å². The summed E-state index contributed by atoms with van der Waals surface area (Å²) in [6.07, 6.45) is -0.153. The zero-order valence-electron chi connectivity index (χ0n) is 15.3. The molecular formula is C19H29NO3. The molecule has 4 heteroatoms. The average molecular weight is 319 g/mol. The summed E-state index contributed by atoms with van der Waals surface area (Å²) in [5.74, 6) is 0.0951. The number of carbonyl (C=O) groups excluding carboxylic acids is 2. The van der Waals surface area contributed by atoms with E-state index in [9.17, 15) is 9.59 Å². The molecule has 0 unspecified atom stereocenters. The topological polar surface area (TPSA) is 55.4 Å². The number of carbonyl (C=O) groups is 2. The predicted octanol–water partition coefficient (Wildman–Crippen LogP) is 4.51. The Hall–Kier alpha value is -1.84. The number of ether oxygens (including phenoxy) is 1. The highest BCUT2D eigenvalue weighted by atomic mass is 16.5. The number of rotatable bonds is 6. The highest BCUT2D eigenvalue weighted by Gasteiger charge is 2.39. The van der Waals surface area contributed by atoms with Gasteiger partial charge in [-0.1, -0.05) is 34.6 Å². The molecule has 128 valence electrons. The third-order valence-electron chi connectivity index (χ3n) is 4.61. The minimum Gasteiger partial charge on any atom is -0.459 e. The van der Waals surface area contributed by atoms with Crippen LogP contribution in [0.1, 0.15) is 58.8 Å². The first-order chi connectivity index (χ1) is 10.6. The van der Waals surface area contributed by atoms with Crippen molar-refractivity contribution in [1.82, 2.24) is 0 Å². The summed E-state index contributed by atoms with van der Waals surface area (Å²) < 4.78 is 5.15. The molecule has 0 atom stereocenters. The van der Waals surface area contributed by atoms with E-state index in [-0.39, 0.29) is 29.8 Å². The summed E-state index contributed by atoms with van der Waals surface area (Å²) in [7, 11) is 0. The number of benzene rings is 1. The van der Waals surface area contributed by atoms with E-state index in [0.29, 0.717) is 11.3 Å². The van der Waals surface area contributed by atoms with Crippen molar-refractivity contribution in [3.8, 4) is 0 Å². The van der Waals surface area contributed by atoms with E-state index in [1.54, 1.807) is 24.3 Å². The van der Waals surface area contributed by atoms with Crippen molar-refractivity contribution >= 4 is 17.6 Å². The molecular weight excluding hydrogens is 290 g/mol. The number of hydrogen-bond donors (Lipinski definition) is 1. The van der Waals surface area contributed by atoms with Crippen LogP contribution in [0.25, 0.3) is 0 Å². The van der Waals surface area contributed by atoms with Crippen molar-refractivity contribution < 1.29 is 14.3 Å². The second-order valence-electron chi connectivity index (χ2n) is 7.08. The first-order valence-corrected chi connectivity index (χ1v) is 8.21. The molecule has 0 saturated carbocycles. The Kier molecular flexibility index (Phi) is 6.37. The number of esters is 1. The number of hydrogen-bond acceptors (Lipinski definition) is 3. The fraction of sp³-hybridized carbons (Fsp3) is 0.579. The van der Waals surface area contributed by atoms with Gasteiger partial charge in [0.05, 0.1) is 17.1 Å². The zero-order chi connectivity index (χ0) is 17.8. The molecule has 0 spiro atoms. The van der Waals surface area contributed by atoms with Crippen LogP contribution in [-0.2, 0) is 9.53 Å². The molecule has 0 radical (unpaired) electrons. The minimum absolute atomic E-state index is 0.00000643. The maximum atomic E-state index is 12.7. The molecule has 23 heavy (non-hydrogen) atoms. The van der Waals surface area contributed by atoms with Crippen LogP contribution >= 0.6 is 0 Å². The van der Waals surface area contributed by atoms with E-state index in [4.69, 9.17) is 4.74 Å². The summed E-state index contributed by atoms with van der Waals surface area (Å²) >= 11 is 0. The summed E-state index contributed by atoms with van der Waals surface area (Å²) in [6.45, 7) is 13.9. The Morgan fingerprint density at radius 2 is 1.43 bits per heavy atom. The lowest BCUT2D eigenvalue weighted by atomic mass is 9.70.